The number of carbonyl (C=O) groups is 2. The molecule has 0 unspecified atom stereocenters. The fourth-order valence-electron chi connectivity index (χ4n) is 0.668. The van der Waals surface area contributed by atoms with Crippen molar-refractivity contribution in [3.05, 3.63) is 25.3 Å². The molecular weight excluding hydrogens is 282 g/mol. The summed E-state index contributed by atoms with van der Waals surface area (Å²) in [5.41, 5.74) is 0. The summed E-state index contributed by atoms with van der Waals surface area (Å²) in [6, 6.07) is 0. The molecule has 0 amide bonds. The van der Waals surface area contributed by atoms with Crippen LogP contribution in [0.4, 0.5) is 0 Å². The van der Waals surface area contributed by atoms with Crippen molar-refractivity contribution in [2.75, 3.05) is 12.4 Å². The van der Waals surface area contributed by atoms with Gasteiger partial charge in [0.15, 0.2) is 0 Å². The molecule has 0 aliphatic carbocycles. The standard InChI is InChI=1S/C9H12O6S.2Na.2H/c1-3-8(10)14-6-5-7-16(12,13)15-9(11)4-2;;;;/h3-4H,1-2,5-7H2;;;;/q;2*+1;2*-1. The van der Waals surface area contributed by atoms with E-state index in [0.717, 1.165) is 12.2 Å². The summed E-state index contributed by atoms with van der Waals surface area (Å²) in [6.45, 7) is 6.13. The van der Waals surface area contributed by atoms with Crippen molar-refractivity contribution < 1.29 is 88.9 Å². The zero-order valence-electron chi connectivity index (χ0n) is 12.5. The third kappa shape index (κ3) is 12.8. The van der Waals surface area contributed by atoms with Crippen LogP contribution in [-0.4, -0.2) is 32.7 Å². The molecule has 0 N–H and O–H groups in total. The second-order valence-electron chi connectivity index (χ2n) is 2.59. The normalized spacial score (nSPS) is 9.11. The van der Waals surface area contributed by atoms with Gasteiger partial charge in [0.05, 0.1) is 12.4 Å². The van der Waals surface area contributed by atoms with E-state index in [1.54, 1.807) is 0 Å². The number of hydrogen-bond acceptors (Lipinski definition) is 6. The van der Waals surface area contributed by atoms with Crippen LogP contribution in [0.25, 0.3) is 0 Å². The van der Waals surface area contributed by atoms with E-state index in [9.17, 15) is 18.0 Å². The topological polar surface area (TPSA) is 86.7 Å². The smallest absolute Gasteiger partial charge is 1.00 e. The van der Waals surface area contributed by atoms with Gasteiger partial charge >= 0.3 is 81.2 Å². The van der Waals surface area contributed by atoms with Gasteiger partial charge in [0.25, 0.3) is 0 Å². The zero-order valence-corrected chi connectivity index (χ0v) is 15.4. The Morgan fingerprint density at radius 3 is 2.06 bits per heavy atom. The van der Waals surface area contributed by atoms with Crippen LogP contribution in [-0.2, 0) is 28.6 Å². The largest absolute Gasteiger partial charge is 1.00 e. The molecular formula is C9H14Na2O6S. The van der Waals surface area contributed by atoms with E-state index in [4.69, 9.17) is 0 Å². The fourth-order valence-corrected chi connectivity index (χ4v) is 1.54. The molecule has 0 saturated carbocycles. The summed E-state index contributed by atoms with van der Waals surface area (Å²) in [6.07, 6.45) is 1.74. The van der Waals surface area contributed by atoms with Crippen molar-refractivity contribution in [3.8, 4) is 0 Å². The number of rotatable bonds is 7. The van der Waals surface area contributed by atoms with E-state index in [-0.39, 0.29) is 75.0 Å². The first-order chi connectivity index (χ1) is 7.41. The third-order valence-corrected chi connectivity index (χ3v) is 2.53. The molecule has 6 nitrogen and oxygen atoms in total. The average molecular weight is 296 g/mol. The van der Waals surface area contributed by atoms with Crippen LogP contribution in [0, 0.1) is 0 Å². The molecule has 0 aliphatic heterocycles. The maximum absolute atomic E-state index is 11.1. The van der Waals surface area contributed by atoms with Gasteiger partial charge < -0.3 is 11.8 Å². The van der Waals surface area contributed by atoms with Crippen molar-refractivity contribution in [2.24, 2.45) is 0 Å². The van der Waals surface area contributed by atoms with Crippen LogP contribution in [0.5, 0.6) is 0 Å². The fraction of sp³-hybridized carbons (Fsp3) is 0.333. The molecule has 18 heavy (non-hydrogen) atoms. The molecule has 0 fully saturated rings. The van der Waals surface area contributed by atoms with Gasteiger partial charge in [-0.05, 0) is 6.42 Å². The quantitative estimate of drug-likeness (QED) is 0.153. The van der Waals surface area contributed by atoms with E-state index in [2.05, 4.69) is 22.1 Å². The van der Waals surface area contributed by atoms with Crippen molar-refractivity contribution in [1.82, 2.24) is 0 Å². The molecule has 0 saturated heterocycles. The van der Waals surface area contributed by atoms with Gasteiger partial charge in [-0.2, -0.15) is 8.42 Å². The Balaban J connectivity index is -0.000000187. The van der Waals surface area contributed by atoms with Crippen molar-refractivity contribution in [2.45, 2.75) is 6.42 Å². The van der Waals surface area contributed by atoms with Gasteiger partial charge in [-0.15, -0.1) is 0 Å². The Hall–Kier alpha value is 0.370. The summed E-state index contributed by atoms with van der Waals surface area (Å²) in [4.78, 5) is 21.2. The number of carbonyl (C=O) groups excluding carboxylic acids is 2. The molecule has 0 rings (SSSR count). The van der Waals surface area contributed by atoms with E-state index in [1.807, 2.05) is 0 Å². The van der Waals surface area contributed by atoms with Gasteiger partial charge in [0.1, 0.15) is 0 Å². The van der Waals surface area contributed by atoms with Gasteiger partial charge in [0, 0.05) is 12.2 Å². The minimum atomic E-state index is -3.94. The molecule has 0 spiro atoms. The van der Waals surface area contributed by atoms with Crippen molar-refractivity contribution in [3.63, 3.8) is 0 Å². The minimum absolute atomic E-state index is 0. The summed E-state index contributed by atoms with van der Waals surface area (Å²) < 4.78 is 30.7. The number of esters is 1. The van der Waals surface area contributed by atoms with Crippen LogP contribution < -0.4 is 59.1 Å². The predicted molar refractivity (Wildman–Crippen MR) is 58.1 cm³/mol. The molecule has 0 aromatic carbocycles. The minimum Gasteiger partial charge on any atom is -1.00 e. The van der Waals surface area contributed by atoms with E-state index >= 15 is 0 Å². The van der Waals surface area contributed by atoms with E-state index in [0.29, 0.717) is 0 Å². The van der Waals surface area contributed by atoms with Gasteiger partial charge in [0.2, 0.25) is 0 Å². The number of ether oxygens (including phenoxy) is 1. The maximum Gasteiger partial charge on any atom is 1.00 e. The summed E-state index contributed by atoms with van der Waals surface area (Å²) >= 11 is 0. The molecule has 94 valence electrons. The SMILES string of the molecule is C=CC(=O)OCCCS(=O)(=O)OC(=O)C=C.[H-].[H-].[Na+].[Na+]. The first-order valence-electron chi connectivity index (χ1n) is 4.29. The van der Waals surface area contributed by atoms with Gasteiger partial charge in [-0.1, -0.05) is 13.2 Å². The monoisotopic (exact) mass is 296 g/mol. The van der Waals surface area contributed by atoms with Gasteiger partial charge in [-0.25, -0.2) is 9.59 Å². The molecule has 0 radical (unpaired) electrons. The summed E-state index contributed by atoms with van der Waals surface area (Å²) in [5, 5.41) is 0. The zero-order chi connectivity index (χ0) is 12.6. The molecule has 0 aromatic heterocycles. The van der Waals surface area contributed by atoms with Gasteiger partial charge in [-0.3, -0.25) is 0 Å². The molecule has 9 heteroatoms. The molecule has 0 aliphatic rings. The summed E-state index contributed by atoms with van der Waals surface area (Å²) in [5.74, 6) is -2.10. The molecule has 0 heterocycles. The van der Waals surface area contributed by atoms with E-state index in [1.165, 1.54) is 0 Å². The first-order valence-corrected chi connectivity index (χ1v) is 5.87. The van der Waals surface area contributed by atoms with Crippen molar-refractivity contribution in [1.29, 1.82) is 0 Å². The van der Waals surface area contributed by atoms with Crippen LogP contribution in [0.3, 0.4) is 0 Å². The van der Waals surface area contributed by atoms with Crippen molar-refractivity contribution >= 4 is 22.1 Å². The first kappa shape index (κ1) is 23.5. The molecule has 0 bridgehead atoms. The Labute approximate surface area is 153 Å². The van der Waals surface area contributed by atoms with Crippen LogP contribution in [0.1, 0.15) is 9.27 Å². The Kier molecular flexibility index (Phi) is 16.2. The van der Waals surface area contributed by atoms with Crippen LogP contribution >= 0.6 is 0 Å². The number of hydrogen-bond donors (Lipinski definition) is 0. The predicted octanol–water partition coefficient (Wildman–Crippen LogP) is -5.60. The second kappa shape index (κ2) is 12.4. The third-order valence-electron chi connectivity index (χ3n) is 1.33. The Morgan fingerprint density at radius 2 is 1.61 bits per heavy atom. The average Bonchev–Trinajstić information content (AvgIpc) is 2.23. The maximum atomic E-state index is 11.1. The Bertz CT molecular complexity index is 399. The van der Waals surface area contributed by atoms with E-state index < -0.39 is 27.8 Å². The second-order valence-corrected chi connectivity index (χ2v) is 4.28. The molecule has 0 aromatic rings. The summed E-state index contributed by atoms with van der Waals surface area (Å²) in [7, 11) is -3.94. The Morgan fingerprint density at radius 1 is 1.11 bits per heavy atom. The van der Waals surface area contributed by atoms with Crippen LogP contribution in [0.2, 0.25) is 0 Å². The van der Waals surface area contributed by atoms with Crippen LogP contribution in [0.15, 0.2) is 25.3 Å². The molecule has 0 atom stereocenters.